The molecule has 13 heteroatoms. The number of guanidine groups is 1. The Bertz CT molecular complexity index is 1300. The van der Waals surface area contributed by atoms with Crippen LogP contribution in [-0.2, 0) is 20.2 Å². The van der Waals surface area contributed by atoms with E-state index in [1.165, 1.54) is 6.07 Å². The molecule has 1 saturated heterocycles. The van der Waals surface area contributed by atoms with E-state index in [1.807, 2.05) is 50.2 Å². The van der Waals surface area contributed by atoms with Crippen LogP contribution in [0.4, 0.5) is 0 Å². The fourth-order valence-electron chi connectivity index (χ4n) is 4.89. The lowest BCUT2D eigenvalue weighted by atomic mass is 9.78. The second-order valence-electron chi connectivity index (χ2n) is 10.3. The summed E-state index contributed by atoms with van der Waals surface area (Å²) in [5.41, 5.74) is 6.81. The van der Waals surface area contributed by atoms with Gasteiger partial charge < -0.3 is 21.1 Å². The monoisotopic (exact) mass is 574 g/mol. The van der Waals surface area contributed by atoms with Gasteiger partial charge in [-0.25, -0.2) is 18.5 Å². The van der Waals surface area contributed by atoms with Gasteiger partial charge in [0.15, 0.2) is 5.03 Å². The van der Waals surface area contributed by atoms with Gasteiger partial charge in [-0.3, -0.25) is 4.79 Å². The van der Waals surface area contributed by atoms with Crippen LogP contribution in [0.25, 0.3) is 0 Å². The molecule has 1 fully saturated rings. The van der Waals surface area contributed by atoms with Gasteiger partial charge in [0.2, 0.25) is 15.9 Å². The molecule has 0 aromatic heterocycles. The van der Waals surface area contributed by atoms with Crippen LogP contribution in [0.15, 0.2) is 64.6 Å². The maximum Gasteiger partial charge on any atom is 0.266 e. The maximum absolute atomic E-state index is 13.6. The number of amides is 1. The third-order valence-electron chi connectivity index (χ3n) is 7.24. The summed E-state index contributed by atoms with van der Waals surface area (Å²) in [5, 5.41) is 24.9. The Morgan fingerprint density at radius 2 is 1.90 bits per heavy atom. The zero-order chi connectivity index (χ0) is 29.3. The van der Waals surface area contributed by atoms with E-state index in [2.05, 4.69) is 15.1 Å². The van der Waals surface area contributed by atoms with Crippen molar-refractivity contribution in [3.63, 3.8) is 0 Å². The lowest BCUT2D eigenvalue weighted by Gasteiger charge is -2.37. The maximum atomic E-state index is 13.6. The summed E-state index contributed by atoms with van der Waals surface area (Å²) < 4.78 is 29.8. The first-order valence-corrected chi connectivity index (χ1v) is 14.8. The van der Waals surface area contributed by atoms with Crippen LogP contribution in [0.1, 0.15) is 57.1 Å². The topological polar surface area (TPSA) is 180 Å². The molecule has 1 heterocycles. The number of carbonyl (C=O) groups excluding carboxylic acids is 1. The highest BCUT2D eigenvalue weighted by atomic mass is 32.2. The second-order valence-corrected chi connectivity index (χ2v) is 12.1. The smallest absolute Gasteiger partial charge is 0.266 e. The summed E-state index contributed by atoms with van der Waals surface area (Å²) in [6, 6.07) is 14.9. The van der Waals surface area contributed by atoms with Gasteiger partial charge in [0, 0.05) is 18.5 Å². The molecule has 1 amide bonds. The van der Waals surface area contributed by atoms with Gasteiger partial charge in [-0.05, 0) is 55.4 Å². The van der Waals surface area contributed by atoms with Crippen molar-refractivity contribution in [1.82, 2.24) is 14.9 Å². The first kappa shape index (κ1) is 31.0. The lowest BCUT2D eigenvalue weighted by Crippen LogP contribution is -2.54. The van der Waals surface area contributed by atoms with Crippen LogP contribution < -0.4 is 15.8 Å². The van der Waals surface area contributed by atoms with E-state index in [9.17, 15) is 28.4 Å². The summed E-state index contributed by atoms with van der Waals surface area (Å²) in [5.74, 6) is -0.808. The molecule has 12 nitrogen and oxygen atoms in total. The number of carbonyl (C=O) groups is 1. The van der Waals surface area contributed by atoms with Crippen molar-refractivity contribution in [2.45, 2.75) is 68.3 Å². The van der Waals surface area contributed by atoms with E-state index in [4.69, 9.17) is 5.73 Å². The summed E-state index contributed by atoms with van der Waals surface area (Å²) in [6.45, 7) is 4.38. The number of nitro groups is 1. The Kier molecular flexibility index (Phi) is 10.6. The lowest BCUT2D eigenvalue weighted by molar-refractivity contribution is -0.485. The van der Waals surface area contributed by atoms with Crippen molar-refractivity contribution >= 4 is 21.9 Å². The Hall–Kier alpha value is -3.55. The van der Waals surface area contributed by atoms with Crippen LogP contribution in [-0.4, -0.2) is 67.1 Å². The Labute approximate surface area is 234 Å². The van der Waals surface area contributed by atoms with Gasteiger partial charge in [0.1, 0.15) is 11.1 Å². The first-order valence-electron chi connectivity index (χ1n) is 13.3. The standard InChI is InChI=1S/C27H38N6O6S/c1-27(2,20-10-4-3-5-11-20)21-12-8-14-23(18-21)40(38,39)31-24(15-9-16-29-26(28)30-33(36)37)25(35)32-17-7-6-13-22(32)19-34/h3-5,8,10-12,14,18,22,24,31,34H,6-7,9,13,15-17,19H2,1-2H3,(H3,28,29,30)/t22-,24+/m1/s1. The van der Waals surface area contributed by atoms with Gasteiger partial charge in [0.25, 0.3) is 5.96 Å². The number of hydrogen-bond acceptors (Lipinski definition) is 6. The molecule has 2 aromatic carbocycles. The number of piperidine rings is 1. The zero-order valence-electron chi connectivity index (χ0n) is 22.8. The highest BCUT2D eigenvalue weighted by molar-refractivity contribution is 7.89. The molecular formula is C27H38N6O6S. The average Bonchev–Trinajstić information content (AvgIpc) is 2.94. The molecule has 0 bridgehead atoms. The Morgan fingerprint density at radius 1 is 1.20 bits per heavy atom. The number of benzene rings is 2. The van der Waals surface area contributed by atoms with E-state index in [1.54, 1.807) is 17.0 Å². The van der Waals surface area contributed by atoms with Crippen molar-refractivity contribution in [2.75, 3.05) is 19.7 Å². The fraction of sp³-hybridized carbons (Fsp3) is 0.481. The molecule has 0 spiro atoms. The highest BCUT2D eigenvalue weighted by Crippen LogP contribution is 2.32. The summed E-state index contributed by atoms with van der Waals surface area (Å²) in [4.78, 5) is 25.6. The van der Waals surface area contributed by atoms with Crippen LogP contribution in [0.5, 0.6) is 0 Å². The number of aliphatic hydroxyl groups is 1. The van der Waals surface area contributed by atoms with Gasteiger partial charge >= 0.3 is 0 Å². The number of sulfonamides is 1. The van der Waals surface area contributed by atoms with E-state index in [0.717, 1.165) is 24.0 Å². The zero-order valence-corrected chi connectivity index (χ0v) is 23.6. The molecule has 1 aliphatic heterocycles. The number of nitrogens with two attached hydrogens (primary N) is 1. The predicted molar refractivity (Wildman–Crippen MR) is 151 cm³/mol. The number of aliphatic hydroxyl groups excluding tert-OH is 1. The van der Waals surface area contributed by atoms with Crippen LogP contribution in [0.2, 0.25) is 0 Å². The van der Waals surface area contributed by atoms with Gasteiger partial charge in [-0.2, -0.15) is 4.72 Å². The van der Waals surface area contributed by atoms with Crippen molar-refractivity contribution in [1.29, 1.82) is 0 Å². The number of hydrogen-bond donors (Lipinski definition) is 4. The highest BCUT2D eigenvalue weighted by Gasteiger charge is 2.34. The molecule has 0 aliphatic carbocycles. The third-order valence-corrected chi connectivity index (χ3v) is 8.71. The molecule has 5 N–H and O–H groups in total. The number of nitrogens with zero attached hydrogens (tertiary/aromatic N) is 3. The molecule has 1 aliphatic rings. The van der Waals surface area contributed by atoms with Crippen molar-refractivity contribution in [3.8, 4) is 0 Å². The normalized spacial score (nSPS) is 17.3. The minimum atomic E-state index is -4.12. The number of hydrazone groups is 1. The minimum Gasteiger partial charge on any atom is -0.394 e. The second kappa shape index (κ2) is 13.7. The molecule has 218 valence electrons. The van der Waals surface area contributed by atoms with E-state index >= 15 is 0 Å². The number of nitrogens with one attached hydrogen (secondary N) is 2. The van der Waals surface area contributed by atoms with Crippen LogP contribution in [0.3, 0.4) is 0 Å². The molecule has 2 aromatic rings. The Morgan fingerprint density at radius 3 is 2.58 bits per heavy atom. The van der Waals surface area contributed by atoms with Crippen LogP contribution >= 0.6 is 0 Å². The first-order chi connectivity index (χ1) is 19.0. The van der Waals surface area contributed by atoms with Crippen molar-refractivity contribution < 1.29 is 23.4 Å². The average molecular weight is 575 g/mol. The largest absolute Gasteiger partial charge is 0.394 e. The number of rotatable bonds is 12. The quantitative estimate of drug-likeness (QED) is 0.0975. The molecule has 40 heavy (non-hydrogen) atoms. The summed E-state index contributed by atoms with van der Waals surface area (Å²) in [6.07, 6.45) is 2.63. The molecule has 0 saturated carbocycles. The van der Waals surface area contributed by atoms with Gasteiger partial charge in [-0.15, -0.1) is 0 Å². The molecule has 0 unspecified atom stereocenters. The predicted octanol–water partition coefficient (Wildman–Crippen LogP) is 1.91. The van der Waals surface area contributed by atoms with Crippen molar-refractivity contribution in [2.24, 2.45) is 10.8 Å². The van der Waals surface area contributed by atoms with Gasteiger partial charge in [0.05, 0.1) is 17.5 Å². The van der Waals surface area contributed by atoms with Gasteiger partial charge in [-0.1, -0.05) is 56.3 Å². The van der Waals surface area contributed by atoms with E-state index in [0.29, 0.717) is 13.0 Å². The van der Waals surface area contributed by atoms with Crippen molar-refractivity contribution in [3.05, 3.63) is 75.8 Å². The summed E-state index contributed by atoms with van der Waals surface area (Å²) >= 11 is 0. The Balaban J connectivity index is 1.84. The van der Waals surface area contributed by atoms with Crippen LogP contribution in [0, 0.1) is 10.1 Å². The molecule has 2 atom stereocenters. The van der Waals surface area contributed by atoms with E-state index < -0.39 is 32.4 Å². The molecule has 0 radical (unpaired) electrons. The SMILES string of the molecule is CC(C)(c1ccccc1)c1cccc(S(=O)(=O)N[C@@H](CCCN/C(N)=N/[N+](=O)[O-])C(=O)N2CCCC[C@@H]2CO)c1. The van der Waals surface area contributed by atoms with E-state index in [-0.39, 0.29) is 42.9 Å². The summed E-state index contributed by atoms with van der Waals surface area (Å²) in [7, 11) is -4.12. The third kappa shape index (κ3) is 7.99. The number of likely N-dealkylation sites (tertiary alicyclic amines) is 1. The fourth-order valence-corrected chi connectivity index (χ4v) is 6.16. The minimum absolute atomic E-state index is 0.0321. The molecular weight excluding hydrogens is 536 g/mol. The molecule has 3 rings (SSSR count).